The molecule has 0 bridgehead atoms. The predicted octanol–water partition coefficient (Wildman–Crippen LogP) is 2.78. The highest BCUT2D eigenvalue weighted by atomic mass is 32.1. The molecule has 4 heteroatoms. The second kappa shape index (κ2) is 4.61. The fraction of sp³-hybridized carbons (Fsp3) is 0.333. The molecular weight excluding hydrogens is 222 g/mol. The topological polar surface area (TPSA) is 49.3 Å². The van der Waals surface area contributed by atoms with E-state index in [1.807, 2.05) is 24.3 Å². The van der Waals surface area contributed by atoms with Gasteiger partial charge in [0.2, 0.25) is 0 Å². The molecule has 3 nitrogen and oxygen atoms in total. The van der Waals surface area contributed by atoms with Gasteiger partial charge in [-0.3, -0.25) is 4.79 Å². The van der Waals surface area contributed by atoms with Crippen LogP contribution < -0.4 is 5.32 Å². The van der Waals surface area contributed by atoms with Crippen LogP contribution in [0.4, 0.5) is 5.69 Å². The highest BCUT2D eigenvalue weighted by molar-refractivity contribution is 7.80. The van der Waals surface area contributed by atoms with E-state index < -0.39 is 5.97 Å². The molecule has 1 heterocycles. The monoisotopic (exact) mass is 235 g/mol. The molecule has 0 aliphatic carbocycles. The maximum atomic E-state index is 10.5. The number of anilines is 1. The lowest BCUT2D eigenvalue weighted by molar-refractivity contribution is -0.137. The highest BCUT2D eigenvalue weighted by Crippen LogP contribution is 2.36. The summed E-state index contributed by atoms with van der Waals surface area (Å²) in [6.07, 6.45) is 1.67. The molecule has 0 amide bonds. The van der Waals surface area contributed by atoms with E-state index in [-0.39, 0.29) is 12.3 Å². The first kappa shape index (κ1) is 11.1. The molecule has 1 aromatic rings. The zero-order chi connectivity index (χ0) is 11.5. The first-order valence-electron chi connectivity index (χ1n) is 5.30. The van der Waals surface area contributed by atoms with Crippen molar-refractivity contribution in [3.63, 3.8) is 0 Å². The van der Waals surface area contributed by atoms with E-state index in [2.05, 4.69) is 5.32 Å². The summed E-state index contributed by atoms with van der Waals surface area (Å²) < 4.78 is 0. The van der Waals surface area contributed by atoms with Crippen LogP contribution in [0.1, 0.15) is 30.7 Å². The molecule has 0 fully saturated rings. The summed E-state index contributed by atoms with van der Waals surface area (Å²) in [7, 11) is 0. The van der Waals surface area contributed by atoms with Crippen LogP contribution in [-0.4, -0.2) is 16.1 Å². The lowest BCUT2D eigenvalue weighted by Crippen LogP contribution is -2.10. The fourth-order valence-electron chi connectivity index (χ4n) is 2.02. The summed E-state index contributed by atoms with van der Waals surface area (Å²) >= 11 is 5.27. The molecule has 2 N–H and O–H groups in total. The first-order valence-corrected chi connectivity index (χ1v) is 5.71. The number of rotatable bonds is 4. The molecule has 0 saturated carbocycles. The van der Waals surface area contributed by atoms with Gasteiger partial charge >= 0.3 is 5.97 Å². The zero-order valence-electron chi connectivity index (χ0n) is 8.77. The average Bonchev–Trinajstić information content (AvgIpc) is 2.55. The molecular formula is C12H13NO2S. The standard InChI is InChI=1S/C12H13NO2S/c14-11(15)7-3-5-9-8-4-1-2-6-10(8)13-12(9)16/h1-2,4,6,9H,3,5,7H2,(H,13,16)(H,14,15). The quantitative estimate of drug-likeness (QED) is 0.788. The second-order valence-corrected chi connectivity index (χ2v) is 4.35. The molecule has 2 rings (SSSR count). The van der Waals surface area contributed by atoms with Gasteiger partial charge in [-0.05, 0) is 24.5 Å². The van der Waals surface area contributed by atoms with Crippen molar-refractivity contribution in [2.24, 2.45) is 0 Å². The predicted molar refractivity (Wildman–Crippen MR) is 66.9 cm³/mol. The minimum absolute atomic E-state index is 0.186. The summed E-state index contributed by atoms with van der Waals surface area (Å²) in [6, 6.07) is 8.00. The maximum Gasteiger partial charge on any atom is 0.303 e. The molecule has 0 aromatic heterocycles. The summed E-state index contributed by atoms with van der Waals surface area (Å²) in [6.45, 7) is 0. The lowest BCUT2D eigenvalue weighted by Gasteiger charge is -2.08. The van der Waals surface area contributed by atoms with Gasteiger partial charge in [-0.1, -0.05) is 30.4 Å². The van der Waals surface area contributed by atoms with Crippen LogP contribution in [0.3, 0.4) is 0 Å². The van der Waals surface area contributed by atoms with Crippen molar-refractivity contribution in [3.8, 4) is 0 Å². The molecule has 0 saturated heterocycles. The largest absolute Gasteiger partial charge is 0.481 e. The van der Waals surface area contributed by atoms with E-state index in [1.54, 1.807) is 0 Å². The Morgan fingerprint density at radius 3 is 2.94 bits per heavy atom. The molecule has 1 aliphatic heterocycles. The van der Waals surface area contributed by atoms with Crippen molar-refractivity contribution in [2.45, 2.75) is 25.2 Å². The Labute approximate surface area is 99.5 Å². The Bertz CT molecular complexity index is 431. The number of benzene rings is 1. The third-order valence-electron chi connectivity index (χ3n) is 2.79. The van der Waals surface area contributed by atoms with Crippen LogP contribution in [-0.2, 0) is 4.79 Å². The van der Waals surface area contributed by atoms with Gasteiger partial charge in [0.05, 0.1) is 4.99 Å². The van der Waals surface area contributed by atoms with Gasteiger partial charge in [-0.15, -0.1) is 0 Å². The average molecular weight is 235 g/mol. The van der Waals surface area contributed by atoms with Gasteiger partial charge in [-0.25, -0.2) is 0 Å². The van der Waals surface area contributed by atoms with Crippen LogP contribution in [0.15, 0.2) is 24.3 Å². The Balaban J connectivity index is 2.05. The number of hydrogen-bond acceptors (Lipinski definition) is 2. The van der Waals surface area contributed by atoms with Crippen molar-refractivity contribution < 1.29 is 9.90 Å². The third kappa shape index (κ3) is 2.22. The van der Waals surface area contributed by atoms with Gasteiger partial charge in [0.15, 0.2) is 0 Å². The second-order valence-electron chi connectivity index (χ2n) is 3.92. The Kier molecular flexibility index (Phi) is 3.19. The van der Waals surface area contributed by atoms with Gasteiger partial charge in [0, 0.05) is 18.0 Å². The number of fused-ring (bicyclic) bond motifs is 1. The highest BCUT2D eigenvalue weighted by Gasteiger charge is 2.26. The summed E-state index contributed by atoms with van der Waals surface area (Å²) in [5.41, 5.74) is 2.26. The van der Waals surface area contributed by atoms with Crippen LogP contribution in [0.2, 0.25) is 0 Å². The summed E-state index contributed by atoms with van der Waals surface area (Å²) in [4.78, 5) is 11.3. The molecule has 16 heavy (non-hydrogen) atoms. The number of thiocarbonyl (C=S) groups is 1. The minimum Gasteiger partial charge on any atom is -0.481 e. The molecule has 84 valence electrons. The van der Waals surface area contributed by atoms with Gasteiger partial charge < -0.3 is 10.4 Å². The Morgan fingerprint density at radius 1 is 1.44 bits per heavy atom. The van der Waals surface area contributed by atoms with Crippen molar-refractivity contribution in [3.05, 3.63) is 29.8 Å². The lowest BCUT2D eigenvalue weighted by atomic mass is 9.95. The van der Waals surface area contributed by atoms with E-state index in [9.17, 15) is 4.79 Å². The van der Waals surface area contributed by atoms with Crippen LogP contribution in [0, 0.1) is 0 Å². The zero-order valence-corrected chi connectivity index (χ0v) is 9.59. The van der Waals surface area contributed by atoms with Crippen molar-refractivity contribution in [1.82, 2.24) is 0 Å². The van der Waals surface area contributed by atoms with E-state index in [0.29, 0.717) is 6.42 Å². The molecule has 1 aromatic carbocycles. The van der Waals surface area contributed by atoms with Crippen molar-refractivity contribution >= 4 is 28.9 Å². The van der Waals surface area contributed by atoms with E-state index >= 15 is 0 Å². The van der Waals surface area contributed by atoms with Gasteiger partial charge in [0.25, 0.3) is 0 Å². The summed E-state index contributed by atoms with van der Waals surface area (Å²) in [5.74, 6) is -0.560. The van der Waals surface area contributed by atoms with Crippen LogP contribution in [0.25, 0.3) is 0 Å². The number of nitrogens with one attached hydrogen (secondary N) is 1. The molecule has 0 radical (unpaired) electrons. The van der Waals surface area contributed by atoms with Crippen LogP contribution >= 0.6 is 12.2 Å². The van der Waals surface area contributed by atoms with Crippen molar-refractivity contribution in [1.29, 1.82) is 0 Å². The number of para-hydroxylation sites is 1. The van der Waals surface area contributed by atoms with Crippen molar-refractivity contribution in [2.75, 3.05) is 5.32 Å². The maximum absolute atomic E-state index is 10.5. The van der Waals surface area contributed by atoms with E-state index in [1.165, 1.54) is 5.56 Å². The number of carboxylic acids is 1. The Hall–Kier alpha value is -1.42. The number of hydrogen-bond donors (Lipinski definition) is 2. The molecule has 1 atom stereocenters. The van der Waals surface area contributed by atoms with Gasteiger partial charge in [-0.2, -0.15) is 0 Å². The third-order valence-corrected chi connectivity index (χ3v) is 3.18. The SMILES string of the molecule is O=C(O)CCCC1C(=S)Nc2ccccc21. The van der Waals surface area contributed by atoms with Crippen LogP contribution in [0.5, 0.6) is 0 Å². The number of carbonyl (C=O) groups is 1. The molecule has 0 spiro atoms. The summed E-state index contributed by atoms with van der Waals surface area (Å²) in [5, 5.41) is 11.8. The fourth-order valence-corrected chi connectivity index (χ4v) is 2.37. The Morgan fingerprint density at radius 2 is 2.19 bits per heavy atom. The smallest absolute Gasteiger partial charge is 0.303 e. The first-order chi connectivity index (χ1) is 7.68. The number of carboxylic acid groups (broad SMARTS) is 1. The normalized spacial score (nSPS) is 18.0. The van der Waals surface area contributed by atoms with E-state index in [0.717, 1.165) is 17.1 Å². The molecule has 1 aliphatic rings. The number of aliphatic carboxylic acids is 1. The minimum atomic E-state index is -0.745. The van der Waals surface area contributed by atoms with E-state index in [4.69, 9.17) is 17.3 Å². The molecule has 1 unspecified atom stereocenters. The van der Waals surface area contributed by atoms with Gasteiger partial charge in [0.1, 0.15) is 0 Å².